The molecule has 1 aromatic carbocycles. The normalized spacial score (nSPS) is 11.4. The topological polar surface area (TPSA) is 38.5 Å². The van der Waals surface area contributed by atoms with Gasteiger partial charge in [-0.1, -0.05) is 25.5 Å². The molecule has 110 valence electrons. The molecule has 0 aliphatic heterocycles. The number of aromatic nitrogens is 4. The summed E-state index contributed by atoms with van der Waals surface area (Å²) in [6, 6.07) is 8.63. The number of rotatable bonds is 4. The first-order valence-electron chi connectivity index (χ1n) is 7.43. The number of hydrogen-bond acceptors (Lipinski definition) is 2. The highest BCUT2D eigenvalue weighted by Crippen LogP contribution is 2.22. The number of fused-ring (bicyclic) bond motifs is 1. The van der Waals surface area contributed by atoms with Crippen LogP contribution in [-0.4, -0.2) is 19.3 Å². The van der Waals surface area contributed by atoms with Crippen LogP contribution in [0.1, 0.15) is 31.5 Å². The third-order valence-electron chi connectivity index (χ3n) is 3.78. The molecule has 2 heterocycles. The summed E-state index contributed by atoms with van der Waals surface area (Å²) in [5.41, 5.74) is 5.50. The van der Waals surface area contributed by atoms with Gasteiger partial charge in [-0.3, -0.25) is 4.57 Å². The zero-order valence-electron chi connectivity index (χ0n) is 12.7. The standard InChI is InChI=1S/C16H20N4S/c1-4-6-12-7-9-13(10-8-12)20-15-14(17-16(20)21)11(3)18-19(15)5-2/h7-10H,4-6H2,1-3H3,(H,17,21). The Morgan fingerprint density at radius 3 is 2.52 bits per heavy atom. The Morgan fingerprint density at radius 1 is 1.19 bits per heavy atom. The largest absolute Gasteiger partial charge is 0.327 e. The average molecular weight is 300 g/mol. The zero-order chi connectivity index (χ0) is 15.0. The van der Waals surface area contributed by atoms with E-state index in [1.54, 1.807) is 0 Å². The molecule has 0 saturated heterocycles. The molecule has 5 heteroatoms. The highest BCUT2D eigenvalue weighted by atomic mass is 32.1. The number of imidazole rings is 1. The van der Waals surface area contributed by atoms with Crippen LogP contribution < -0.4 is 0 Å². The third kappa shape index (κ3) is 2.31. The first kappa shape index (κ1) is 14.1. The maximum absolute atomic E-state index is 5.51. The molecular weight excluding hydrogens is 280 g/mol. The van der Waals surface area contributed by atoms with Gasteiger partial charge in [-0.25, -0.2) is 4.68 Å². The van der Waals surface area contributed by atoms with Crippen molar-refractivity contribution in [2.24, 2.45) is 0 Å². The summed E-state index contributed by atoms with van der Waals surface area (Å²) in [5.74, 6) is 0. The Kier molecular flexibility index (Phi) is 3.68. The van der Waals surface area contributed by atoms with Crippen molar-refractivity contribution < 1.29 is 0 Å². The maximum Gasteiger partial charge on any atom is 0.184 e. The lowest BCUT2D eigenvalue weighted by Crippen LogP contribution is -2.03. The minimum atomic E-state index is 0.718. The Labute approximate surface area is 129 Å². The first-order chi connectivity index (χ1) is 10.2. The lowest BCUT2D eigenvalue weighted by molar-refractivity contribution is 0.661. The van der Waals surface area contributed by atoms with Crippen LogP contribution in [0.15, 0.2) is 24.3 Å². The number of nitrogens with zero attached hydrogens (tertiary/aromatic N) is 3. The summed E-state index contributed by atoms with van der Waals surface area (Å²) >= 11 is 5.51. The van der Waals surface area contributed by atoms with Gasteiger partial charge in [0, 0.05) is 12.2 Å². The van der Waals surface area contributed by atoms with Crippen LogP contribution in [0, 0.1) is 11.7 Å². The number of benzene rings is 1. The summed E-state index contributed by atoms with van der Waals surface area (Å²) in [4.78, 5) is 3.28. The minimum absolute atomic E-state index is 0.718. The molecule has 0 fully saturated rings. The molecule has 0 atom stereocenters. The molecule has 2 aromatic heterocycles. The molecule has 0 spiro atoms. The molecule has 21 heavy (non-hydrogen) atoms. The van der Waals surface area contributed by atoms with E-state index in [-0.39, 0.29) is 0 Å². The van der Waals surface area contributed by atoms with E-state index < -0.39 is 0 Å². The summed E-state index contributed by atoms with van der Waals surface area (Å²) in [6.07, 6.45) is 2.27. The van der Waals surface area contributed by atoms with E-state index in [2.05, 4.69) is 52.8 Å². The van der Waals surface area contributed by atoms with Crippen molar-refractivity contribution in [2.75, 3.05) is 0 Å². The van der Waals surface area contributed by atoms with Crippen molar-refractivity contribution in [3.05, 3.63) is 40.3 Å². The molecule has 0 radical (unpaired) electrons. The van der Waals surface area contributed by atoms with Crippen LogP contribution in [0.3, 0.4) is 0 Å². The van der Waals surface area contributed by atoms with Gasteiger partial charge in [0.25, 0.3) is 0 Å². The van der Waals surface area contributed by atoms with Crippen molar-refractivity contribution in [2.45, 2.75) is 40.2 Å². The van der Waals surface area contributed by atoms with E-state index >= 15 is 0 Å². The van der Waals surface area contributed by atoms with Crippen LogP contribution in [0.2, 0.25) is 0 Å². The Morgan fingerprint density at radius 2 is 1.90 bits per heavy atom. The SMILES string of the molecule is CCCc1ccc(-n2c(=S)[nH]c3c(C)nn(CC)c32)cc1. The Bertz CT molecular complexity index is 820. The molecule has 4 nitrogen and oxygen atoms in total. The predicted octanol–water partition coefficient (Wildman–Crippen LogP) is 4.17. The van der Waals surface area contributed by atoms with Crippen LogP contribution >= 0.6 is 12.2 Å². The third-order valence-corrected chi connectivity index (χ3v) is 4.06. The average Bonchev–Trinajstić information content (AvgIpc) is 2.97. The van der Waals surface area contributed by atoms with E-state index in [0.29, 0.717) is 0 Å². The van der Waals surface area contributed by atoms with E-state index in [1.807, 2.05) is 11.6 Å². The van der Waals surface area contributed by atoms with E-state index in [9.17, 15) is 0 Å². The molecule has 0 saturated carbocycles. The maximum atomic E-state index is 5.51. The molecule has 0 unspecified atom stereocenters. The van der Waals surface area contributed by atoms with Crippen LogP contribution in [-0.2, 0) is 13.0 Å². The number of aromatic amines is 1. The van der Waals surface area contributed by atoms with Crippen molar-refractivity contribution in [1.29, 1.82) is 0 Å². The number of nitrogens with one attached hydrogen (secondary N) is 1. The van der Waals surface area contributed by atoms with Crippen LogP contribution in [0.4, 0.5) is 0 Å². The van der Waals surface area contributed by atoms with Crippen LogP contribution in [0.25, 0.3) is 16.9 Å². The van der Waals surface area contributed by atoms with Gasteiger partial charge in [-0.2, -0.15) is 5.10 Å². The van der Waals surface area contributed by atoms with Gasteiger partial charge in [0.15, 0.2) is 10.4 Å². The van der Waals surface area contributed by atoms with E-state index in [1.165, 1.54) is 5.56 Å². The van der Waals surface area contributed by atoms with E-state index in [4.69, 9.17) is 12.2 Å². The summed E-state index contributed by atoms with van der Waals surface area (Å²) in [6.45, 7) is 7.12. The lowest BCUT2D eigenvalue weighted by Gasteiger charge is -2.07. The molecule has 0 amide bonds. The minimum Gasteiger partial charge on any atom is -0.327 e. The molecular formula is C16H20N4S. The highest BCUT2D eigenvalue weighted by molar-refractivity contribution is 7.71. The summed E-state index contributed by atoms with van der Waals surface area (Å²) < 4.78 is 4.79. The molecule has 0 aliphatic rings. The van der Waals surface area contributed by atoms with Gasteiger partial charge in [0.2, 0.25) is 0 Å². The fraction of sp³-hybridized carbons (Fsp3) is 0.375. The number of H-pyrrole nitrogens is 1. The zero-order valence-corrected chi connectivity index (χ0v) is 13.5. The first-order valence-corrected chi connectivity index (χ1v) is 7.84. The fourth-order valence-corrected chi connectivity index (χ4v) is 3.06. The van der Waals surface area contributed by atoms with Crippen molar-refractivity contribution in [3.8, 4) is 5.69 Å². The number of aryl methyl sites for hydroxylation is 3. The van der Waals surface area contributed by atoms with Crippen LogP contribution in [0.5, 0.6) is 0 Å². The highest BCUT2D eigenvalue weighted by Gasteiger charge is 2.14. The second kappa shape index (κ2) is 5.48. The van der Waals surface area contributed by atoms with Gasteiger partial charge < -0.3 is 4.98 Å². The van der Waals surface area contributed by atoms with Gasteiger partial charge in [0.1, 0.15) is 5.52 Å². The fourth-order valence-electron chi connectivity index (χ4n) is 2.76. The van der Waals surface area contributed by atoms with Crippen molar-refractivity contribution in [1.82, 2.24) is 19.3 Å². The van der Waals surface area contributed by atoms with Gasteiger partial charge in [0.05, 0.1) is 5.69 Å². The summed E-state index contributed by atoms with van der Waals surface area (Å²) in [5, 5.41) is 4.56. The van der Waals surface area contributed by atoms with Crippen molar-refractivity contribution in [3.63, 3.8) is 0 Å². The molecule has 3 rings (SSSR count). The van der Waals surface area contributed by atoms with Gasteiger partial charge >= 0.3 is 0 Å². The Hall–Kier alpha value is -1.88. The smallest absolute Gasteiger partial charge is 0.184 e. The number of hydrogen-bond donors (Lipinski definition) is 1. The molecule has 0 bridgehead atoms. The predicted molar refractivity (Wildman–Crippen MR) is 88.7 cm³/mol. The lowest BCUT2D eigenvalue weighted by atomic mass is 10.1. The van der Waals surface area contributed by atoms with Crippen molar-refractivity contribution >= 4 is 23.4 Å². The Balaban J connectivity index is 2.19. The van der Waals surface area contributed by atoms with E-state index in [0.717, 1.165) is 46.7 Å². The summed E-state index contributed by atoms with van der Waals surface area (Å²) in [7, 11) is 0. The van der Waals surface area contributed by atoms with Gasteiger partial charge in [-0.05, 0) is 50.2 Å². The second-order valence-corrected chi connectivity index (χ2v) is 5.67. The quantitative estimate of drug-likeness (QED) is 0.735. The molecule has 1 N–H and O–H groups in total. The van der Waals surface area contributed by atoms with Gasteiger partial charge in [-0.15, -0.1) is 0 Å². The second-order valence-electron chi connectivity index (χ2n) is 5.28. The monoisotopic (exact) mass is 300 g/mol. The molecule has 3 aromatic rings. The molecule has 0 aliphatic carbocycles.